The molecule has 3 heteroatoms. The first-order valence-electron chi connectivity index (χ1n) is 4.76. The Morgan fingerprint density at radius 1 is 1.36 bits per heavy atom. The summed E-state index contributed by atoms with van der Waals surface area (Å²) in [5.41, 5.74) is 6.79. The fraction of sp³-hybridized carbons (Fsp3) is 0.455. The fourth-order valence-electron chi connectivity index (χ4n) is 1.43. The van der Waals surface area contributed by atoms with Crippen LogP contribution in [-0.4, -0.2) is 13.7 Å². The number of nitrogens with two attached hydrogens (primary N) is 1. The van der Waals surface area contributed by atoms with Crippen LogP contribution in [0, 0.1) is 0 Å². The molecular formula is C11H17NO2. The van der Waals surface area contributed by atoms with Crippen LogP contribution in [0.4, 0.5) is 0 Å². The molecule has 0 radical (unpaired) electrons. The van der Waals surface area contributed by atoms with Gasteiger partial charge in [0.2, 0.25) is 0 Å². The maximum Gasteiger partial charge on any atom is 0.127 e. The Morgan fingerprint density at radius 2 is 2.00 bits per heavy atom. The highest BCUT2D eigenvalue weighted by atomic mass is 16.5. The third-order valence-corrected chi connectivity index (χ3v) is 2.00. The number of methoxy groups -OCH3 is 1. The van der Waals surface area contributed by atoms with Crippen molar-refractivity contribution in [2.24, 2.45) is 5.73 Å². The van der Waals surface area contributed by atoms with Gasteiger partial charge in [-0.2, -0.15) is 0 Å². The van der Waals surface area contributed by atoms with E-state index in [1.807, 2.05) is 32.0 Å². The van der Waals surface area contributed by atoms with E-state index < -0.39 is 0 Å². The topological polar surface area (TPSA) is 44.5 Å². The predicted octanol–water partition coefficient (Wildman–Crippen LogP) is 2.11. The quantitative estimate of drug-likeness (QED) is 0.800. The Kier molecular flexibility index (Phi) is 3.77. The average Bonchev–Trinajstić information content (AvgIpc) is 2.17. The molecule has 2 N–H and O–H groups in total. The zero-order valence-electron chi connectivity index (χ0n) is 8.91. The van der Waals surface area contributed by atoms with Crippen LogP contribution in [0.2, 0.25) is 0 Å². The molecular weight excluding hydrogens is 178 g/mol. The van der Waals surface area contributed by atoms with Crippen LogP contribution in [-0.2, 0) is 0 Å². The first kappa shape index (κ1) is 10.9. The van der Waals surface area contributed by atoms with Gasteiger partial charge >= 0.3 is 0 Å². The van der Waals surface area contributed by atoms with Crippen molar-refractivity contribution in [1.29, 1.82) is 0 Å². The molecule has 3 nitrogen and oxygen atoms in total. The molecule has 0 fully saturated rings. The lowest BCUT2D eigenvalue weighted by atomic mass is 10.1. The van der Waals surface area contributed by atoms with Gasteiger partial charge in [0.15, 0.2) is 0 Å². The van der Waals surface area contributed by atoms with Gasteiger partial charge in [-0.25, -0.2) is 0 Å². The molecule has 1 atom stereocenters. The maximum absolute atomic E-state index is 5.86. The van der Waals surface area contributed by atoms with Crippen molar-refractivity contribution in [3.8, 4) is 11.5 Å². The summed E-state index contributed by atoms with van der Waals surface area (Å²) in [7, 11) is 1.64. The molecule has 1 rings (SSSR count). The summed E-state index contributed by atoms with van der Waals surface area (Å²) in [5.74, 6) is 1.59. The second-order valence-corrected chi connectivity index (χ2v) is 3.09. The van der Waals surface area contributed by atoms with Gasteiger partial charge in [0.1, 0.15) is 11.5 Å². The Bertz CT molecular complexity index is 297. The largest absolute Gasteiger partial charge is 0.496 e. The minimum absolute atomic E-state index is 0.0901. The highest BCUT2D eigenvalue weighted by Crippen LogP contribution is 2.32. The fourth-order valence-corrected chi connectivity index (χ4v) is 1.43. The van der Waals surface area contributed by atoms with Crippen LogP contribution < -0.4 is 15.2 Å². The third-order valence-electron chi connectivity index (χ3n) is 2.00. The summed E-state index contributed by atoms with van der Waals surface area (Å²) in [6.07, 6.45) is 0. The molecule has 1 aromatic carbocycles. The van der Waals surface area contributed by atoms with Gasteiger partial charge in [-0.3, -0.25) is 0 Å². The number of rotatable bonds is 4. The molecule has 0 saturated carbocycles. The van der Waals surface area contributed by atoms with Crippen LogP contribution in [0.25, 0.3) is 0 Å². The average molecular weight is 195 g/mol. The first-order valence-corrected chi connectivity index (χ1v) is 4.76. The van der Waals surface area contributed by atoms with E-state index in [1.165, 1.54) is 0 Å². The van der Waals surface area contributed by atoms with Crippen LogP contribution in [0.3, 0.4) is 0 Å². The Hall–Kier alpha value is -1.22. The molecule has 78 valence electrons. The lowest BCUT2D eigenvalue weighted by Crippen LogP contribution is -2.09. The van der Waals surface area contributed by atoms with E-state index in [2.05, 4.69) is 0 Å². The van der Waals surface area contributed by atoms with Crippen molar-refractivity contribution in [3.05, 3.63) is 23.8 Å². The van der Waals surface area contributed by atoms with Crippen molar-refractivity contribution in [2.45, 2.75) is 19.9 Å². The lowest BCUT2D eigenvalue weighted by Gasteiger charge is -2.16. The normalized spacial score (nSPS) is 12.3. The number of benzene rings is 1. The predicted molar refractivity (Wildman–Crippen MR) is 56.8 cm³/mol. The van der Waals surface area contributed by atoms with Crippen molar-refractivity contribution in [2.75, 3.05) is 13.7 Å². The molecule has 1 aromatic rings. The molecule has 0 amide bonds. The molecule has 0 aliphatic rings. The van der Waals surface area contributed by atoms with Crippen molar-refractivity contribution in [3.63, 3.8) is 0 Å². The molecule has 14 heavy (non-hydrogen) atoms. The molecule has 0 saturated heterocycles. The Balaban J connectivity index is 3.14. The highest BCUT2D eigenvalue weighted by Gasteiger charge is 2.13. The van der Waals surface area contributed by atoms with Crippen LogP contribution in [0.1, 0.15) is 25.5 Å². The van der Waals surface area contributed by atoms with Gasteiger partial charge in [0.25, 0.3) is 0 Å². The molecule has 0 aromatic heterocycles. The number of ether oxygens (including phenoxy) is 2. The summed E-state index contributed by atoms with van der Waals surface area (Å²) in [5, 5.41) is 0. The zero-order chi connectivity index (χ0) is 10.6. The number of hydrogen-bond acceptors (Lipinski definition) is 3. The Morgan fingerprint density at radius 3 is 2.50 bits per heavy atom. The molecule has 0 bridgehead atoms. The minimum Gasteiger partial charge on any atom is -0.496 e. The van der Waals surface area contributed by atoms with E-state index >= 15 is 0 Å². The summed E-state index contributed by atoms with van der Waals surface area (Å²) in [6, 6.07) is 5.61. The lowest BCUT2D eigenvalue weighted by molar-refractivity contribution is 0.328. The molecule has 0 spiro atoms. The van der Waals surface area contributed by atoms with E-state index in [1.54, 1.807) is 7.11 Å². The van der Waals surface area contributed by atoms with E-state index in [0.29, 0.717) is 6.61 Å². The first-order chi connectivity index (χ1) is 6.70. The van der Waals surface area contributed by atoms with Crippen LogP contribution in [0.15, 0.2) is 18.2 Å². The molecule has 0 aliphatic carbocycles. The molecule has 0 aliphatic heterocycles. The standard InChI is InChI=1S/C11H17NO2/c1-4-14-10-7-5-6-9(13-3)11(10)8(2)12/h5-8H,4,12H2,1-3H3/t8-/m1/s1. The molecule has 0 heterocycles. The monoisotopic (exact) mass is 195 g/mol. The smallest absolute Gasteiger partial charge is 0.127 e. The summed E-state index contributed by atoms with van der Waals surface area (Å²) in [4.78, 5) is 0. The third kappa shape index (κ3) is 2.17. The highest BCUT2D eigenvalue weighted by molar-refractivity contribution is 5.46. The van der Waals surface area contributed by atoms with E-state index in [-0.39, 0.29) is 6.04 Å². The van der Waals surface area contributed by atoms with Gasteiger partial charge in [0, 0.05) is 6.04 Å². The van der Waals surface area contributed by atoms with Gasteiger partial charge in [0.05, 0.1) is 19.3 Å². The van der Waals surface area contributed by atoms with Crippen molar-refractivity contribution >= 4 is 0 Å². The van der Waals surface area contributed by atoms with Gasteiger partial charge in [-0.1, -0.05) is 6.07 Å². The number of hydrogen-bond donors (Lipinski definition) is 1. The maximum atomic E-state index is 5.86. The SMILES string of the molecule is CCOc1cccc(OC)c1[C@@H](C)N. The van der Waals surface area contributed by atoms with E-state index in [4.69, 9.17) is 15.2 Å². The van der Waals surface area contributed by atoms with E-state index in [0.717, 1.165) is 17.1 Å². The summed E-state index contributed by atoms with van der Waals surface area (Å²) < 4.78 is 10.7. The van der Waals surface area contributed by atoms with Gasteiger partial charge < -0.3 is 15.2 Å². The van der Waals surface area contributed by atoms with Crippen molar-refractivity contribution < 1.29 is 9.47 Å². The van der Waals surface area contributed by atoms with E-state index in [9.17, 15) is 0 Å². The zero-order valence-corrected chi connectivity index (χ0v) is 8.91. The van der Waals surface area contributed by atoms with Gasteiger partial charge in [-0.05, 0) is 26.0 Å². The van der Waals surface area contributed by atoms with Crippen molar-refractivity contribution in [1.82, 2.24) is 0 Å². The van der Waals surface area contributed by atoms with Crippen LogP contribution in [0.5, 0.6) is 11.5 Å². The Labute approximate surface area is 84.8 Å². The van der Waals surface area contributed by atoms with Gasteiger partial charge in [-0.15, -0.1) is 0 Å². The minimum atomic E-state index is -0.0901. The second-order valence-electron chi connectivity index (χ2n) is 3.09. The summed E-state index contributed by atoms with van der Waals surface area (Å²) in [6.45, 7) is 4.50. The summed E-state index contributed by atoms with van der Waals surface area (Å²) >= 11 is 0. The van der Waals surface area contributed by atoms with Crippen LogP contribution >= 0.6 is 0 Å². The second kappa shape index (κ2) is 4.86. The molecule has 0 unspecified atom stereocenters.